The fourth-order valence-electron chi connectivity index (χ4n) is 2.16. The van der Waals surface area contributed by atoms with Gasteiger partial charge in [-0.3, -0.25) is 14.6 Å². The third-order valence-corrected chi connectivity index (χ3v) is 4.31. The van der Waals surface area contributed by atoms with Crippen LogP contribution < -0.4 is 5.32 Å². The maximum absolute atomic E-state index is 12.4. The number of rotatable bonds is 5. The molecule has 2 amide bonds. The molecule has 1 aromatic heterocycles. The number of carbonyl (C=O) groups is 2. The van der Waals surface area contributed by atoms with Gasteiger partial charge in [-0.1, -0.05) is 29.3 Å². The lowest BCUT2D eigenvalue weighted by atomic mass is 10.2. The summed E-state index contributed by atoms with van der Waals surface area (Å²) in [5.74, 6) is -0.606. The lowest BCUT2D eigenvalue weighted by Gasteiger charge is -2.18. The molecule has 0 saturated carbocycles. The standard InChI is InChI=1S/C17H17Cl2N3O2/c1-3-22(4-2)17(24)14-10-11(8-9-20-14)16(23)21-13-7-5-6-12(18)15(13)19/h5-10H,3-4H2,1-2H3,(H,21,23). The molecular weight excluding hydrogens is 349 g/mol. The molecule has 0 unspecified atom stereocenters. The molecule has 0 aliphatic heterocycles. The number of pyridine rings is 1. The molecule has 0 atom stereocenters. The second-order valence-corrected chi connectivity index (χ2v) is 5.75. The molecule has 0 fully saturated rings. The molecule has 0 bridgehead atoms. The van der Waals surface area contributed by atoms with E-state index in [-0.39, 0.29) is 16.6 Å². The van der Waals surface area contributed by atoms with Crippen LogP contribution in [0.25, 0.3) is 0 Å². The molecule has 24 heavy (non-hydrogen) atoms. The highest BCUT2D eigenvalue weighted by atomic mass is 35.5. The molecular formula is C17H17Cl2N3O2. The van der Waals surface area contributed by atoms with Crippen molar-refractivity contribution in [1.29, 1.82) is 0 Å². The number of nitrogens with one attached hydrogen (secondary N) is 1. The largest absolute Gasteiger partial charge is 0.338 e. The highest BCUT2D eigenvalue weighted by Gasteiger charge is 2.17. The third kappa shape index (κ3) is 4.04. The molecule has 0 spiro atoms. The van der Waals surface area contributed by atoms with Gasteiger partial charge in [0.1, 0.15) is 5.69 Å². The summed E-state index contributed by atoms with van der Waals surface area (Å²) in [6.07, 6.45) is 1.44. The van der Waals surface area contributed by atoms with Gasteiger partial charge in [0.25, 0.3) is 11.8 Å². The third-order valence-electron chi connectivity index (χ3n) is 3.49. The molecule has 7 heteroatoms. The van der Waals surface area contributed by atoms with Crippen LogP contribution in [0.5, 0.6) is 0 Å². The van der Waals surface area contributed by atoms with Gasteiger partial charge in [-0.2, -0.15) is 0 Å². The zero-order valence-corrected chi connectivity index (χ0v) is 14.9. The van der Waals surface area contributed by atoms with Crippen LogP contribution in [0.1, 0.15) is 34.7 Å². The summed E-state index contributed by atoms with van der Waals surface area (Å²) in [4.78, 5) is 30.4. The Balaban J connectivity index is 2.23. The molecule has 0 aliphatic carbocycles. The van der Waals surface area contributed by atoms with Crippen LogP contribution in [-0.2, 0) is 0 Å². The topological polar surface area (TPSA) is 62.3 Å². The van der Waals surface area contributed by atoms with Crippen LogP contribution in [0.15, 0.2) is 36.5 Å². The molecule has 1 aromatic carbocycles. The fourth-order valence-corrected chi connectivity index (χ4v) is 2.50. The number of hydrogen-bond acceptors (Lipinski definition) is 3. The second kappa shape index (κ2) is 8.13. The highest BCUT2D eigenvalue weighted by molar-refractivity contribution is 6.44. The van der Waals surface area contributed by atoms with Crippen molar-refractivity contribution in [3.8, 4) is 0 Å². The average Bonchev–Trinajstić information content (AvgIpc) is 2.60. The highest BCUT2D eigenvalue weighted by Crippen LogP contribution is 2.29. The van der Waals surface area contributed by atoms with E-state index < -0.39 is 5.91 Å². The zero-order chi connectivity index (χ0) is 17.7. The van der Waals surface area contributed by atoms with Gasteiger partial charge in [-0.05, 0) is 38.1 Å². The molecule has 2 rings (SSSR count). The number of anilines is 1. The van der Waals surface area contributed by atoms with E-state index in [9.17, 15) is 9.59 Å². The van der Waals surface area contributed by atoms with Gasteiger partial charge in [-0.15, -0.1) is 0 Å². The summed E-state index contributed by atoms with van der Waals surface area (Å²) in [5.41, 5.74) is 0.947. The number of carbonyl (C=O) groups excluding carboxylic acids is 2. The van der Waals surface area contributed by atoms with Crippen LogP contribution in [-0.4, -0.2) is 34.8 Å². The van der Waals surface area contributed by atoms with Crippen molar-refractivity contribution in [2.75, 3.05) is 18.4 Å². The Morgan fingerprint density at radius 1 is 1.17 bits per heavy atom. The number of hydrogen-bond donors (Lipinski definition) is 1. The molecule has 0 radical (unpaired) electrons. The van der Waals surface area contributed by atoms with E-state index in [0.717, 1.165) is 0 Å². The minimum atomic E-state index is -0.393. The van der Waals surface area contributed by atoms with E-state index >= 15 is 0 Å². The predicted molar refractivity (Wildman–Crippen MR) is 95.9 cm³/mol. The average molecular weight is 366 g/mol. The minimum Gasteiger partial charge on any atom is -0.338 e. The number of aromatic nitrogens is 1. The normalized spacial score (nSPS) is 10.3. The lowest BCUT2D eigenvalue weighted by Crippen LogP contribution is -2.31. The Labute approximate surface area is 150 Å². The van der Waals surface area contributed by atoms with E-state index in [0.29, 0.717) is 29.4 Å². The van der Waals surface area contributed by atoms with Crippen molar-refractivity contribution in [2.24, 2.45) is 0 Å². The predicted octanol–water partition coefficient (Wildman–Crippen LogP) is 4.12. The van der Waals surface area contributed by atoms with E-state index in [1.807, 2.05) is 13.8 Å². The van der Waals surface area contributed by atoms with Crippen molar-refractivity contribution in [3.63, 3.8) is 0 Å². The van der Waals surface area contributed by atoms with E-state index in [2.05, 4.69) is 10.3 Å². The molecule has 0 aliphatic rings. The van der Waals surface area contributed by atoms with Crippen LogP contribution in [0.3, 0.4) is 0 Å². The summed E-state index contributed by atoms with van der Waals surface area (Å²) in [6, 6.07) is 7.97. The molecule has 2 aromatic rings. The number of amides is 2. The van der Waals surface area contributed by atoms with E-state index in [1.54, 1.807) is 23.1 Å². The molecule has 1 heterocycles. The zero-order valence-electron chi connectivity index (χ0n) is 13.3. The first kappa shape index (κ1) is 18.2. The summed E-state index contributed by atoms with van der Waals surface area (Å²) < 4.78 is 0. The Bertz CT molecular complexity index is 761. The fraction of sp³-hybridized carbons (Fsp3) is 0.235. The molecule has 126 valence electrons. The van der Waals surface area contributed by atoms with E-state index in [4.69, 9.17) is 23.2 Å². The van der Waals surface area contributed by atoms with Gasteiger partial charge in [-0.25, -0.2) is 0 Å². The Kier molecular flexibility index (Phi) is 6.17. The first-order valence-electron chi connectivity index (χ1n) is 7.48. The van der Waals surface area contributed by atoms with Crippen LogP contribution >= 0.6 is 23.2 Å². The van der Waals surface area contributed by atoms with Crippen molar-refractivity contribution >= 4 is 40.7 Å². The maximum atomic E-state index is 12.4. The number of halogens is 2. The van der Waals surface area contributed by atoms with Gasteiger partial charge < -0.3 is 10.2 Å². The van der Waals surface area contributed by atoms with Gasteiger partial charge in [0.15, 0.2) is 0 Å². The minimum absolute atomic E-state index is 0.213. The van der Waals surface area contributed by atoms with Crippen molar-refractivity contribution < 1.29 is 9.59 Å². The van der Waals surface area contributed by atoms with Gasteiger partial charge >= 0.3 is 0 Å². The Morgan fingerprint density at radius 2 is 1.88 bits per heavy atom. The summed E-state index contributed by atoms with van der Waals surface area (Å²) in [7, 11) is 0. The van der Waals surface area contributed by atoms with Gasteiger partial charge in [0, 0.05) is 24.8 Å². The first-order chi connectivity index (χ1) is 11.5. The summed E-state index contributed by atoms with van der Waals surface area (Å²) in [6.45, 7) is 4.93. The smallest absolute Gasteiger partial charge is 0.272 e. The summed E-state index contributed by atoms with van der Waals surface area (Å²) in [5, 5.41) is 3.30. The second-order valence-electron chi connectivity index (χ2n) is 4.96. The lowest BCUT2D eigenvalue weighted by molar-refractivity contribution is 0.0767. The maximum Gasteiger partial charge on any atom is 0.272 e. The van der Waals surface area contributed by atoms with Gasteiger partial charge in [0.2, 0.25) is 0 Å². The van der Waals surface area contributed by atoms with Crippen LogP contribution in [0.2, 0.25) is 10.0 Å². The number of benzene rings is 1. The van der Waals surface area contributed by atoms with Crippen molar-refractivity contribution in [2.45, 2.75) is 13.8 Å². The van der Waals surface area contributed by atoms with Gasteiger partial charge in [0.05, 0.1) is 15.7 Å². The molecule has 5 nitrogen and oxygen atoms in total. The number of nitrogens with zero attached hydrogens (tertiary/aromatic N) is 2. The van der Waals surface area contributed by atoms with Crippen LogP contribution in [0, 0.1) is 0 Å². The molecule has 0 saturated heterocycles. The Morgan fingerprint density at radius 3 is 2.54 bits per heavy atom. The quantitative estimate of drug-likeness (QED) is 0.866. The van der Waals surface area contributed by atoms with Crippen molar-refractivity contribution in [1.82, 2.24) is 9.88 Å². The first-order valence-corrected chi connectivity index (χ1v) is 8.24. The molecule has 1 N–H and O–H groups in total. The Hall–Kier alpha value is -2.11. The SMILES string of the molecule is CCN(CC)C(=O)c1cc(C(=O)Nc2cccc(Cl)c2Cl)ccn1. The monoisotopic (exact) mass is 365 g/mol. The van der Waals surface area contributed by atoms with Crippen LogP contribution in [0.4, 0.5) is 5.69 Å². The van der Waals surface area contributed by atoms with Crippen molar-refractivity contribution in [3.05, 3.63) is 57.8 Å². The summed E-state index contributed by atoms with van der Waals surface area (Å²) >= 11 is 12.0. The van der Waals surface area contributed by atoms with E-state index in [1.165, 1.54) is 18.3 Å².